The summed E-state index contributed by atoms with van der Waals surface area (Å²) in [5.41, 5.74) is 1.77. The fraction of sp³-hybridized carbons (Fsp3) is 0.250. The summed E-state index contributed by atoms with van der Waals surface area (Å²) in [5.74, 6) is -1.11. The number of carboxylic acids is 1. The normalized spacial score (nSPS) is 10.7. The minimum absolute atomic E-state index is 0.0738. The number of aryl methyl sites for hydroxylation is 1. The zero-order valence-electron chi connectivity index (χ0n) is 10.3. The molecule has 0 saturated carbocycles. The smallest absolute Gasteiger partial charge is 0.358 e. The second kappa shape index (κ2) is 5.19. The number of hydrogen-bond donors (Lipinski definition) is 1. The van der Waals surface area contributed by atoms with Crippen LogP contribution in [-0.4, -0.2) is 26.1 Å². The molecular formula is C12H11Cl2N3O2. The van der Waals surface area contributed by atoms with Gasteiger partial charge in [-0.3, -0.25) is 0 Å². The molecule has 1 heterocycles. The van der Waals surface area contributed by atoms with Gasteiger partial charge >= 0.3 is 5.97 Å². The first-order valence-electron chi connectivity index (χ1n) is 5.59. The van der Waals surface area contributed by atoms with Crippen molar-refractivity contribution in [3.63, 3.8) is 0 Å². The van der Waals surface area contributed by atoms with Crippen LogP contribution in [-0.2, 0) is 6.42 Å². The number of rotatable bonds is 3. The van der Waals surface area contributed by atoms with Crippen LogP contribution in [0, 0.1) is 6.92 Å². The van der Waals surface area contributed by atoms with E-state index in [1.54, 1.807) is 12.1 Å². The minimum Gasteiger partial charge on any atom is -0.476 e. The van der Waals surface area contributed by atoms with E-state index in [0.717, 1.165) is 5.56 Å². The van der Waals surface area contributed by atoms with Gasteiger partial charge in [0.15, 0.2) is 5.69 Å². The van der Waals surface area contributed by atoms with Crippen LogP contribution in [0.25, 0.3) is 5.69 Å². The molecule has 0 aliphatic heterocycles. The highest BCUT2D eigenvalue weighted by molar-refractivity contribution is 6.35. The van der Waals surface area contributed by atoms with E-state index in [1.807, 2.05) is 13.8 Å². The SMILES string of the molecule is CCc1c(C(=O)O)nnn1-c1cc(Cl)c(C)cc1Cl. The lowest BCUT2D eigenvalue weighted by atomic mass is 10.2. The Hall–Kier alpha value is -1.59. The lowest BCUT2D eigenvalue weighted by molar-refractivity contribution is 0.0689. The number of carbonyl (C=O) groups is 1. The van der Waals surface area contributed by atoms with E-state index in [9.17, 15) is 4.79 Å². The third-order valence-corrected chi connectivity index (χ3v) is 3.47. The van der Waals surface area contributed by atoms with E-state index in [2.05, 4.69) is 10.3 Å². The molecule has 0 spiro atoms. The van der Waals surface area contributed by atoms with Gasteiger partial charge in [0.05, 0.1) is 16.4 Å². The third-order valence-electron chi connectivity index (χ3n) is 2.76. The molecule has 19 heavy (non-hydrogen) atoms. The van der Waals surface area contributed by atoms with Crippen LogP contribution in [0.2, 0.25) is 10.0 Å². The molecule has 0 atom stereocenters. The molecule has 0 amide bonds. The molecule has 1 aromatic heterocycles. The van der Waals surface area contributed by atoms with Gasteiger partial charge in [0.25, 0.3) is 0 Å². The second-order valence-corrected chi connectivity index (χ2v) is 4.82. The Kier molecular flexibility index (Phi) is 3.78. The first kappa shape index (κ1) is 13.8. The zero-order chi connectivity index (χ0) is 14.2. The van der Waals surface area contributed by atoms with E-state index in [1.165, 1.54) is 4.68 Å². The van der Waals surface area contributed by atoms with E-state index < -0.39 is 5.97 Å². The molecule has 0 saturated heterocycles. The Balaban J connectivity index is 2.66. The molecular weight excluding hydrogens is 289 g/mol. The van der Waals surface area contributed by atoms with Gasteiger partial charge in [-0.25, -0.2) is 9.48 Å². The van der Waals surface area contributed by atoms with Crippen molar-refractivity contribution in [2.24, 2.45) is 0 Å². The predicted octanol–water partition coefficient (Wildman–Crippen LogP) is 3.14. The number of hydrogen-bond acceptors (Lipinski definition) is 3. The van der Waals surface area contributed by atoms with Gasteiger partial charge < -0.3 is 5.11 Å². The summed E-state index contributed by atoms with van der Waals surface area (Å²) < 4.78 is 1.41. The van der Waals surface area contributed by atoms with Crippen LogP contribution >= 0.6 is 23.2 Å². The fourth-order valence-corrected chi connectivity index (χ4v) is 2.23. The number of nitrogens with zero attached hydrogens (tertiary/aromatic N) is 3. The van der Waals surface area contributed by atoms with Crippen LogP contribution in [0.15, 0.2) is 12.1 Å². The number of aromatic nitrogens is 3. The van der Waals surface area contributed by atoms with Gasteiger partial charge in [-0.15, -0.1) is 5.10 Å². The molecule has 5 nitrogen and oxygen atoms in total. The van der Waals surface area contributed by atoms with Gasteiger partial charge in [0.2, 0.25) is 0 Å². The first-order chi connectivity index (χ1) is 8.95. The molecule has 0 bridgehead atoms. The molecule has 2 aromatic rings. The van der Waals surface area contributed by atoms with Gasteiger partial charge in [0.1, 0.15) is 0 Å². The molecule has 100 valence electrons. The first-order valence-corrected chi connectivity index (χ1v) is 6.35. The van der Waals surface area contributed by atoms with Crippen molar-refractivity contribution in [1.82, 2.24) is 15.0 Å². The van der Waals surface area contributed by atoms with Crippen LogP contribution in [0.1, 0.15) is 28.7 Å². The lowest BCUT2D eigenvalue weighted by Gasteiger charge is -2.09. The predicted molar refractivity (Wildman–Crippen MR) is 72.5 cm³/mol. The largest absolute Gasteiger partial charge is 0.476 e. The van der Waals surface area contributed by atoms with Crippen LogP contribution in [0.4, 0.5) is 0 Å². The van der Waals surface area contributed by atoms with Gasteiger partial charge in [0, 0.05) is 5.02 Å². The van der Waals surface area contributed by atoms with Crippen molar-refractivity contribution in [2.75, 3.05) is 0 Å². The average Bonchev–Trinajstić information content (AvgIpc) is 2.77. The van der Waals surface area contributed by atoms with Crippen molar-refractivity contribution >= 4 is 29.2 Å². The van der Waals surface area contributed by atoms with E-state index in [4.69, 9.17) is 28.3 Å². The molecule has 2 rings (SSSR count). The maximum atomic E-state index is 11.1. The van der Waals surface area contributed by atoms with Crippen molar-refractivity contribution in [3.8, 4) is 5.69 Å². The fourth-order valence-electron chi connectivity index (χ4n) is 1.78. The van der Waals surface area contributed by atoms with Gasteiger partial charge in [-0.1, -0.05) is 35.3 Å². The Labute approximate surface area is 119 Å². The number of benzene rings is 1. The van der Waals surface area contributed by atoms with Gasteiger partial charge in [-0.05, 0) is 31.0 Å². The maximum Gasteiger partial charge on any atom is 0.358 e. The van der Waals surface area contributed by atoms with E-state index in [-0.39, 0.29) is 5.69 Å². The van der Waals surface area contributed by atoms with Crippen LogP contribution in [0.5, 0.6) is 0 Å². The molecule has 1 N–H and O–H groups in total. The Morgan fingerprint density at radius 3 is 2.63 bits per heavy atom. The Bertz CT molecular complexity index is 653. The van der Waals surface area contributed by atoms with Crippen molar-refractivity contribution in [1.29, 1.82) is 0 Å². The summed E-state index contributed by atoms with van der Waals surface area (Å²) in [6, 6.07) is 3.36. The summed E-state index contributed by atoms with van der Waals surface area (Å²) >= 11 is 12.2. The molecule has 0 aliphatic carbocycles. The summed E-state index contributed by atoms with van der Waals surface area (Å²) in [6.07, 6.45) is 0.469. The third kappa shape index (κ3) is 2.43. The molecule has 7 heteroatoms. The van der Waals surface area contributed by atoms with Crippen molar-refractivity contribution in [3.05, 3.63) is 39.1 Å². The highest BCUT2D eigenvalue weighted by Gasteiger charge is 2.20. The number of aromatic carboxylic acids is 1. The van der Waals surface area contributed by atoms with Gasteiger partial charge in [-0.2, -0.15) is 0 Å². The Morgan fingerprint density at radius 1 is 1.37 bits per heavy atom. The topological polar surface area (TPSA) is 68.0 Å². The highest BCUT2D eigenvalue weighted by atomic mass is 35.5. The number of carboxylic acid groups (broad SMARTS) is 1. The molecule has 0 unspecified atom stereocenters. The maximum absolute atomic E-state index is 11.1. The Morgan fingerprint density at radius 2 is 2.05 bits per heavy atom. The molecule has 0 fully saturated rings. The molecule has 0 radical (unpaired) electrons. The lowest BCUT2D eigenvalue weighted by Crippen LogP contribution is -2.06. The molecule has 1 aromatic carbocycles. The summed E-state index contributed by atoms with van der Waals surface area (Å²) in [7, 11) is 0. The van der Waals surface area contributed by atoms with E-state index >= 15 is 0 Å². The van der Waals surface area contributed by atoms with E-state index in [0.29, 0.717) is 27.8 Å². The zero-order valence-corrected chi connectivity index (χ0v) is 11.8. The summed E-state index contributed by atoms with van der Waals surface area (Å²) in [4.78, 5) is 11.1. The standard InChI is InChI=1S/C12H11Cl2N3O2/c1-3-9-11(12(18)19)15-16-17(9)10-5-7(13)6(2)4-8(10)14/h4-5H,3H2,1-2H3,(H,18,19). The van der Waals surface area contributed by atoms with Crippen LogP contribution in [0.3, 0.4) is 0 Å². The van der Waals surface area contributed by atoms with Crippen LogP contribution < -0.4 is 0 Å². The summed E-state index contributed by atoms with van der Waals surface area (Å²) in [5, 5.41) is 17.5. The monoisotopic (exact) mass is 299 g/mol. The number of halogens is 2. The summed E-state index contributed by atoms with van der Waals surface area (Å²) in [6.45, 7) is 3.66. The van der Waals surface area contributed by atoms with Crippen molar-refractivity contribution < 1.29 is 9.90 Å². The second-order valence-electron chi connectivity index (χ2n) is 4.01. The highest BCUT2D eigenvalue weighted by Crippen LogP contribution is 2.28. The van der Waals surface area contributed by atoms with Crippen molar-refractivity contribution in [2.45, 2.75) is 20.3 Å². The quantitative estimate of drug-likeness (QED) is 0.945. The average molecular weight is 300 g/mol. The molecule has 0 aliphatic rings. The minimum atomic E-state index is -1.11.